The van der Waals surface area contributed by atoms with Crippen LogP contribution in [0.5, 0.6) is 0 Å². The molecular weight excluding hydrogens is 212 g/mol. The summed E-state index contributed by atoms with van der Waals surface area (Å²) >= 11 is 0. The number of hydrogen-bond donors (Lipinski definition) is 1. The van der Waals surface area contributed by atoms with Gasteiger partial charge in [-0.3, -0.25) is 13.9 Å². The van der Waals surface area contributed by atoms with Crippen molar-refractivity contribution < 1.29 is 5.11 Å². The molecule has 0 saturated carbocycles. The van der Waals surface area contributed by atoms with Crippen LogP contribution in [0, 0.1) is 0 Å². The van der Waals surface area contributed by atoms with E-state index in [2.05, 4.69) is 4.98 Å². The highest BCUT2D eigenvalue weighted by Gasteiger charge is 2.13. The van der Waals surface area contributed by atoms with Crippen molar-refractivity contribution in [2.45, 2.75) is 6.54 Å². The third kappa shape index (κ3) is 1.28. The van der Waals surface area contributed by atoms with E-state index in [4.69, 9.17) is 5.11 Å². The summed E-state index contributed by atoms with van der Waals surface area (Å²) in [7, 11) is 2.98. The fraction of sp³-hybridized carbons (Fsp3) is 0.444. The molecule has 0 bridgehead atoms. The van der Waals surface area contributed by atoms with E-state index in [1.54, 1.807) is 11.6 Å². The van der Waals surface area contributed by atoms with Crippen LogP contribution in [-0.2, 0) is 20.6 Å². The number of nitrogens with zero attached hydrogens (tertiary/aromatic N) is 4. The topological polar surface area (TPSA) is 82.0 Å². The molecule has 0 aliphatic carbocycles. The minimum Gasteiger partial charge on any atom is -0.395 e. The summed E-state index contributed by atoms with van der Waals surface area (Å²) in [5.74, 6) is 0. The molecule has 0 saturated heterocycles. The maximum absolute atomic E-state index is 11.7. The predicted octanol–water partition coefficient (Wildman–Crippen LogP) is -1.57. The summed E-state index contributed by atoms with van der Waals surface area (Å²) in [6, 6.07) is 0. The van der Waals surface area contributed by atoms with Gasteiger partial charge in [-0.2, -0.15) is 0 Å². The molecule has 2 heterocycles. The lowest BCUT2D eigenvalue weighted by Gasteiger charge is -2.06. The summed E-state index contributed by atoms with van der Waals surface area (Å²) in [4.78, 5) is 27.4. The summed E-state index contributed by atoms with van der Waals surface area (Å²) < 4.78 is 3.94. The fourth-order valence-corrected chi connectivity index (χ4v) is 1.71. The Balaban J connectivity index is 2.95. The van der Waals surface area contributed by atoms with Gasteiger partial charge in [0.2, 0.25) is 0 Å². The minimum absolute atomic E-state index is 0.0745. The van der Waals surface area contributed by atoms with Crippen molar-refractivity contribution in [2.24, 2.45) is 14.1 Å². The lowest BCUT2D eigenvalue weighted by atomic mass is 10.5. The van der Waals surface area contributed by atoms with Gasteiger partial charge in [0, 0.05) is 20.6 Å². The van der Waals surface area contributed by atoms with Crippen LogP contribution in [0.15, 0.2) is 15.9 Å². The number of aryl methyl sites for hydroxylation is 1. The predicted molar refractivity (Wildman–Crippen MR) is 57.3 cm³/mol. The molecule has 86 valence electrons. The molecule has 1 N–H and O–H groups in total. The molecule has 0 radical (unpaired) electrons. The molecule has 0 unspecified atom stereocenters. The maximum Gasteiger partial charge on any atom is 0.332 e. The highest BCUT2D eigenvalue weighted by Crippen LogP contribution is 2.04. The molecule has 0 amide bonds. The molecule has 2 rings (SSSR count). The van der Waals surface area contributed by atoms with Crippen molar-refractivity contribution >= 4 is 11.2 Å². The van der Waals surface area contributed by atoms with Crippen LogP contribution >= 0.6 is 0 Å². The highest BCUT2D eigenvalue weighted by molar-refractivity contribution is 5.69. The van der Waals surface area contributed by atoms with Crippen molar-refractivity contribution in [3.8, 4) is 0 Å². The first-order valence-corrected chi connectivity index (χ1v) is 4.79. The number of aliphatic hydroxyl groups is 1. The summed E-state index contributed by atoms with van der Waals surface area (Å²) in [5, 5.41) is 8.86. The summed E-state index contributed by atoms with van der Waals surface area (Å²) in [6.07, 6.45) is 1.45. The summed E-state index contributed by atoms with van der Waals surface area (Å²) in [6.45, 7) is 0.228. The van der Waals surface area contributed by atoms with E-state index >= 15 is 0 Å². The number of rotatable bonds is 2. The molecule has 2 aromatic rings. The number of hydrogen-bond acceptors (Lipinski definition) is 4. The molecular formula is C9H12N4O3. The number of aliphatic hydroxyl groups excluding tert-OH is 1. The van der Waals surface area contributed by atoms with Crippen molar-refractivity contribution in [2.75, 3.05) is 6.61 Å². The first-order chi connectivity index (χ1) is 7.57. The SMILES string of the molecule is Cn1c(=O)c2ncn(CCO)c2n(C)c1=O. The highest BCUT2D eigenvalue weighted by atomic mass is 16.3. The van der Waals surface area contributed by atoms with E-state index in [-0.39, 0.29) is 12.1 Å². The second-order valence-corrected chi connectivity index (χ2v) is 3.54. The molecule has 0 aromatic carbocycles. The van der Waals surface area contributed by atoms with Crippen LogP contribution in [0.3, 0.4) is 0 Å². The van der Waals surface area contributed by atoms with Gasteiger partial charge in [0.1, 0.15) is 5.65 Å². The fourth-order valence-electron chi connectivity index (χ4n) is 1.71. The van der Waals surface area contributed by atoms with Crippen LogP contribution in [0.2, 0.25) is 0 Å². The lowest BCUT2D eigenvalue weighted by Crippen LogP contribution is -2.37. The van der Waals surface area contributed by atoms with Gasteiger partial charge >= 0.3 is 5.69 Å². The van der Waals surface area contributed by atoms with E-state index in [0.717, 1.165) is 4.57 Å². The molecule has 0 aliphatic rings. The minimum atomic E-state index is -0.421. The van der Waals surface area contributed by atoms with Crippen LogP contribution in [0.1, 0.15) is 0 Å². The Kier molecular flexibility index (Phi) is 2.39. The molecule has 0 spiro atoms. The Morgan fingerprint density at radius 2 is 2.00 bits per heavy atom. The van der Waals surface area contributed by atoms with Crippen molar-refractivity contribution in [3.63, 3.8) is 0 Å². The Morgan fingerprint density at radius 3 is 2.62 bits per heavy atom. The second kappa shape index (κ2) is 3.60. The first-order valence-electron chi connectivity index (χ1n) is 4.79. The Morgan fingerprint density at radius 1 is 1.31 bits per heavy atom. The average molecular weight is 224 g/mol. The zero-order chi connectivity index (χ0) is 11.9. The largest absolute Gasteiger partial charge is 0.395 e. The van der Waals surface area contributed by atoms with Gasteiger partial charge in [-0.15, -0.1) is 0 Å². The lowest BCUT2D eigenvalue weighted by molar-refractivity contribution is 0.277. The molecule has 7 nitrogen and oxygen atoms in total. The second-order valence-electron chi connectivity index (χ2n) is 3.54. The van der Waals surface area contributed by atoms with E-state index in [1.165, 1.54) is 17.9 Å². The number of fused-ring (bicyclic) bond motifs is 1. The number of aromatic nitrogens is 4. The van der Waals surface area contributed by atoms with Crippen molar-refractivity contribution in [3.05, 3.63) is 27.2 Å². The molecule has 0 fully saturated rings. The van der Waals surface area contributed by atoms with Gasteiger partial charge in [0.15, 0.2) is 5.52 Å². The quantitative estimate of drug-likeness (QED) is 0.668. The van der Waals surface area contributed by atoms with E-state index in [9.17, 15) is 9.59 Å². The first kappa shape index (κ1) is 10.6. The maximum atomic E-state index is 11.7. The smallest absolute Gasteiger partial charge is 0.332 e. The monoisotopic (exact) mass is 224 g/mol. The standard InChI is InChI=1S/C9H12N4O3/c1-11-7-6(8(15)12(2)9(11)16)10-5-13(7)3-4-14/h5,14H,3-4H2,1-2H3. The van der Waals surface area contributed by atoms with Crippen LogP contribution in [0.4, 0.5) is 0 Å². The van der Waals surface area contributed by atoms with Crippen LogP contribution < -0.4 is 11.2 Å². The van der Waals surface area contributed by atoms with Gasteiger partial charge < -0.3 is 9.67 Å². The van der Waals surface area contributed by atoms with Gasteiger partial charge in [-0.05, 0) is 0 Å². The van der Waals surface area contributed by atoms with E-state index in [0.29, 0.717) is 12.2 Å². The normalized spacial score (nSPS) is 11.2. The van der Waals surface area contributed by atoms with Crippen LogP contribution in [0.25, 0.3) is 11.2 Å². The van der Waals surface area contributed by atoms with E-state index < -0.39 is 11.2 Å². The molecule has 2 aromatic heterocycles. The molecule has 16 heavy (non-hydrogen) atoms. The zero-order valence-electron chi connectivity index (χ0n) is 9.04. The third-order valence-corrected chi connectivity index (χ3v) is 2.55. The molecule has 0 atom stereocenters. The Labute approximate surface area is 90.2 Å². The van der Waals surface area contributed by atoms with Gasteiger partial charge in [0.25, 0.3) is 5.56 Å². The van der Waals surface area contributed by atoms with E-state index in [1.807, 2.05) is 0 Å². The Hall–Kier alpha value is -1.89. The molecule has 0 aliphatic heterocycles. The average Bonchev–Trinajstić information content (AvgIpc) is 2.68. The third-order valence-electron chi connectivity index (χ3n) is 2.55. The van der Waals surface area contributed by atoms with Gasteiger partial charge in [0.05, 0.1) is 12.9 Å². The Bertz CT molecular complexity index is 649. The van der Waals surface area contributed by atoms with Crippen LogP contribution in [-0.4, -0.2) is 30.4 Å². The number of imidazole rings is 1. The summed E-state index contributed by atoms with van der Waals surface area (Å²) in [5.41, 5.74) is -0.160. The van der Waals surface area contributed by atoms with Crippen molar-refractivity contribution in [1.82, 2.24) is 18.7 Å². The van der Waals surface area contributed by atoms with Gasteiger partial charge in [-0.1, -0.05) is 0 Å². The van der Waals surface area contributed by atoms with Crippen molar-refractivity contribution in [1.29, 1.82) is 0 Å². The van der Waals surface area contributed by atoms with Gasteiger partial charge in [-0.25, -0.2) is 9.78 Å². The zero-order valence-corrected chi connectivity index (χ0v) is 9.04. The molecule has 7 heteroatoms.